The number of rotatable bonds is 1. The summed E-state index contributed by atoms with van der Waals surface area (Å²) in [6.45, 7) is 3.85. The second-order valence-corrected chi connectivity index (χ2v) is 5.20. The molecule has 5 heteroatoms. The molecule has 2 heterocycles. The van der Waals surface area contributed by atoms with Crippen molar-refractivity contribution in [1.29, 1.82) is 0 Å². The van der Waals surface area contributed by atoms with Crippen LogP contribution in [0, 0.1) is 0 Å². The molecular weight excluding hydrogens is 269 g/mol. The molecule has 0 bridgehead atoms. The van der Waals surface area contributed by atoms with Crippen LogP contribution in [0.3, 0.4) is 0 Å². The van der Waals surface area contributed by atoms with Crippen LogP contribution in [-0.4, -0.2) is 31.2 Å². The normalized spacial score (nSPS) is 16.2. The predicted octanol–water partition coefficient (Wildman–Crippen LogP) is 2.95. The highest BCUT2D eigenvalue weighted by molar-refractivity contribution is 6.35. The highest BCUT2D eigenvalue weighted by Crippen LogP contribution is 2.34. The molecule has 3 nitrogen and oxygen atoms in total. The lowest BCUT2D eigenvalue weighted by molar-refractivity contribution is 0.590. The van der Waals surface area contributed by atoms with E-state index < -0.39 is 0 Å². The summed E-state index contributed by atoms with van der Waals surface area (Å²) >= 11 is 12.4. The highest BCUT2D eigenvalue weighted by Gasteiger charge is 2.17. The number of aromatic nitrogens is 1. The Bertz CT molecular complexity index is 574. The fraction of sp³-hybridized carbons (Fsp3) is 0.308. The SMILES string of the molecule is Clc1ccc2ncc(Cl)c(N3CCNCC3)c2c1. The molecule has 0 aliphatic carbocycles. The standard InChI is InChI=1S/C13H13Cl2N3/c14-9-1-2-12-10(7-9)13(11(15)8-17-12)18-5-3-16-4-6-18/h1-2,7-8,16H,3-6H2. The average molecular weight is 282 g/mol. The Morgan fingerprint density at radius 2 is 1.94 bits per heavy atom. The van der Waals surface area contributed by atoms with Gasteiger partial charge in [-0.2, -0.15) is 0 Å². The molecule has 1 N–H and O–H groups in total. The summed E-state index contributed by atoms with van der Waals surface area (Å²) in [5.41, 5.74) is 1.97. The summed E-state index contributed by atoms with van der Waals surface area (Å²) in [7, 11) is 0. The molecule has 0 atom stereocenters. The Balaban J connectivity index is 2.18. The first-order valence-corrected chi connectivity index (χ1v) is 6.71. The van der Waals surface area contributed by atoms with Crippen LogP contribution in [0.4, 0.5) is 5.69 Å². The number of anilines is 1. The molecule has 1 aliphatic heterocycles. The van der Waals surface area contributed by atoms with Crippen LogP contribution in [-0.2, 0) is 0 Å². The maximum Gasteiger partial charge on any atom is 0.0829 e. The average Bonchev–Trinajstić information content (AvgIpc) is 2.39. The molecule has 0 unspecified atom stereocenters. The molecule has 94 valence electrons. The van der Waals surface area contributed by atoms with Crippen LogP contribution in [0.25, 0.3) is 10.9 Å². The fourth-order valence-corrected chi connectivity index (χ4v) is 2.78. The van der Waals surface area contributed by atoms with E-state index in [1.807, 2.05) is 18.2 Å². The molecule has 18 heavy (non-hydrogen) atoms. The topological polar surface area (TPSA) is 28.2 Å². The van der Waals surface area contributed by atoms with E-state index in [-0.39, 0.29) is 0 Å². The largest absolute Gasteiger partial charge is 0.367 e. The molecular formula is C13H13Cl2N3. The first kappa shape index (κ1) is 12.0. The van der Waals surface area contributed by atoms with Crippen molar-refractivity contribution in [3.8, 4) is 0 Å². The van der Waals surface area contributed by atoms with Gasteiger partial charge in [0.1, 0.15) is 0 Å². The molecule has 1 saturated heterocycles. The van der Waals surface area contributed by atoms with Gasteiger partial charge in [-0.1, -0.05) is 23.2 Å². The summed E-state index contributed by atoms with van der Waals surface area (Å²) in [5, 5.41) is 5.76. The van der Waals surface area contributed by atoms with Gasteiger partial charge in [-0.25, -0.2) is 0 Å². The highest BCUT2D eigenvalue weighted by atomic mass is 35.5. The van der Waals surface area contributed by atoms with E-state index in [9.17, 15) is 0 Å². The third kappa shape index (κ3) is 2.14. The molecule has 1 aromatic carbocycles. The van der Waals surface area contributed by atoms with Crippen molar-refractivity contribution in [3.05, 3.63) is 34.4 Å². The second-order valence-electron chi connectivity index (χ2n) is 4.35. The first-order chi connectivity index (χ1) is 8.75. The van der Waals surface area contributed by atoms with Crippen molar-refractivity contribution in [2.24, 2.45) is 0 Å². The lowest BCUT2D eigenvalue weighted by Crippen LogP contribution is -2.43. The van der Waals surface area contributed by atoms with E-state index in [1.54, 1.807) is 6.20 Å². The van der Waals surface area contributed by atoms with Crippen molar-refractivity contribution < 1.29 is 0 Å². The number of halogens is 2. The van der Waals surface area contributed by atoms with Gasteiger partial charge in [-0.15, -0.1) is 0 Å². The number of piperazine rings is 1. The van der Waals surface area contributed by atoms with Crippen molar-refractivity contribution >= 4 is 39.8 Å². The minimum Gasteiger partial charge on any atom is -0.367 e. The monoisotopic (exact) mass is 281 g/mol. The zero-order valence-electron chi connectivity index (χ0n) is 9.79. The summed E-state index contributed by atoms with van der Waals surface area (Å²) in [6.07, 6.45) is 1.72. The number of pyridine rings is 1. The zero-order chi connectivity index (χ0) is 12.5. The zero-order valence-corrected chi connectivity index (χ0v) is 11.3. The van der Waals surface area contributed by atoms with Gasteiger partial charge in [0.05, 0.1) is 16.2 Å². The minimum atomic E-state index is 0.687. The van der Waals surface area contributed by atoms with E-state index >= 15 is 0 Å². The van der Waals surface area contributed by atoms with E-state index in [0.717, 1.165) is 42.8 Å². The van der Waals surface area contributed by atoms with Crippen molar-refractivity contribution in [2.45, 2.75) is 0 Å². The van der Waals surface area contributed by atoms with Gasteiger partial charge < -0.3 is 10.2 Å². The summed E-state index contributed by atoms with van der Waals surface area (Å²) < 4.78 is 0. The van der Waals surface area contributed by atoms with Gasteiger partial charge in [0.15, 0.2) is 0 Å². The quantitative estimate of drug-likeness (QED) is 0.871. The molecule has 2 aromatic rings. The molecule has 1 fully saturated rings. The van der Waals surface area contributed by atoms with Crippen LogP contribution >= 0.6 is 23.2 Å². The second kappa shape index (κ2) is 4.92. The fourth-order valence-electron chi connectivity index (χ4n) is 2.34. The van der Waals surface area contributed by atoms with Crippen LogP contribution in [0.1, 0.15) is 0 Å². The lowest BCUT2D eigenvalue weighted by Gasteiger charge is -2.31. The van der Waals surface area contributed by atoms with Crippen LogP contribution in [0.2, 0.25) is 10.0 Å². The van der Waals surface area contributed by atoms with Gasteiger partial charge in [0.2, 0.25) is 0 Å². The van der Waals surface area contributed by atoms with E-state index in [1.165, 1.54) is 0 Å². The summed E-state index contributed by atoms with van der Waals surface area (Å²) in [4.78, 5) is 6.64. The smallest absolute Gasteiger partial charge is 0.0829 e. The van der Waals surface area contributed by atoms with Crippen molar-refractivity contribution in [3.63, 3.8) is 0 Å². The van der Waals surface area contributed by atoms with Crippen LogP contribution in [0.5, 0.6) is 0 Å². The van der Waals surface area contributed by atoms with E-state index in [4.69, 9.17) is 23.2 Å². The predicted molar refractivity (Wildman–Crippen MR) is 76.8 cm³/mol. The summed E-state index contributed by atoms with van der Waals surface area (Å²) in [5.74, 6) is 0. The molecule has 1 aromatic heterocycles. The van der Waals surface area contributed by atoms with Crippen LogP contribution in [0.15, 0.2) is 24.4 Å². The Morgan fingerprint density at radius 1 is 1.17 bits per heavy atom. The van der Waals surface area contributed by atoms with Gasteiger partial charge in [-0.05, 0) is 18.2 Å². The molecule has 0 saturated carbocycles. The maximum absolute atomic E-state index is 6.32. The van der Waals surface area contributed by atoms with Gasteiger partial charge >= 0.3 is 0 Å². The molecule has 3 rings (SSSR count). The van der Waals surface area contributed by atoms with Crippen LogP contribution < -0.4 is 10.2 Å². The Kier molecular flexibility index (Phi) is 3.29. The third-order valence-corrected chi connectivity index (χ3v) is 3.70. The van der Waals surface area contributed by atoms with E-state index in [2.05, 4.69) is 15.2 Å². The Morgan fingerprint density at radius 3 is 2.72 bits per heavy atom. The number of fused-ring (bicyclic) bond motifs is 1. The number of hydrogen-bond acceptors (Lipinski definition) is 3. The number of nitrogens with one attached hydrogen (secondary N) is 1. The molecule has 0 radical (unpaired) electrons. The maximum atomic E-state index is 6.32. The van der Waals surface area contributed by atoms with Gasteiger partial charge in [0.25, 0.3) is 0 Å². The first-order valence-electron chi connectivity index (χ1n) is 5.95. The lowest BCUT2D eigenvalue weighted by atomic mass is 10.1. The van der Waals surface area contributed by atoms with Crippen molar-refractivity contribution in [1.82, 2.24) is 10.3 Å². The Hall–Kier alpha value is -1.03. The van der Waals surface area contributed by atoms with Gasteiger partial charge in [0, 0.05) is 42.8 Å². The number of nitrogens with zero attached hydrogens (tertiary/aromatic N) is 2. The van der Waals surface area contributed by atoms with E-state index in [0.29, 0.717) is 10.0 Å². The van der Waals surface area contributed by atoms with Gasteiger partial charge in [-0.3, -0.25) is 4.98 Å². The Labute approximate surface area is 116 Å². The molecule has 0 amide bonds. The van der Waals surface area contributed by atoms with Crippen molar-refractivity contribution in [2.75, 3.05) is 31.1 Å². The minimum absolute atomic E-state index is 0.687. The number of benzene rings is 1. The molecule has 1 aliphatic rings. The third-order valence-electron chi connectivity index (χ3n) is 3.19. The number of hydrogen-bond donors (Lipinski definition) is 1. The molecule has 0 spiro atoms. The summed E-state index contributed by atoms with van der Waals surface area (Å²) in [6, 6.07) is 5.72.